The zero-order chi connectivity index (χ0) is 24.6. The molecule has 1 atom stereocenters. The molecule has 1 aliphatic rings. The number of imidazole rings is 1. The lowest BCUT2D eigenvalue weighted by atomic mass is 9.89. The van der Waals surface area contributed by atoms with Gasteiger partial charge in [-0.25, -0.2) is 19.6 Å². The molecule has 0 N–H and O–H groups in total. The van der Waals surface area contributed by atoms with Crippen LogP contribution in [0.5, 0.6) is 5.88 Å². The largest absolute Gasteiger partial charge is 0.479 e. The topological polar surface area (TPSA) is 70.7 Å². The first-order valence-corrected chi connectivity index (χ1v) is 12.3. The zero-order valence-corrected chi connectivity index (χ0v) is 20.9. The molecule has 1 aliphatic heterocycles. The lowest BCUT2D eigenvalue weighted by Crippen LogP contribution is -2.18. The quantitative estimate of drug-likeness (QED) is 0.294. The predicted molar refractivity (Wildman–Crippen MR) is 140 cm³/mol. The summed E-state index contributed by atoms with van der Waals surface area (Å²) in [7, 11) is 1.61. The molecule has 0 saturated carbocycles. The summed E-state index contributed by atoms with van der Waals surface area (Å²) in [5.41, 5.74) is 5.78. The Kier molecular flexibility index (Phi) is 5.77. The summed E-state index contributed by atoms with van der Waals surface area (Å²) in [4.78, 5) is 14.0. The molecule has 2 aromatic carbocycles. The van der Waals surface area contributed by atoms with E-state index in [2.05, 4.69) is 29.2 Å². The minimum Gasteiger partial charge on any atom is -0.479 e. The summed E-state index contributed by atoms with van der Waals surface area (Å²) < 4.78 is 9.49. The van der Waals surface area contributed by atoms with E-state index in [0.717, 1.165) is 58.3 Å². The maximum absolute atomic E-state index is 6.73. The van der Waals surface area contributed by atoms with Gasteiger partial charge in [0, 0.05) is 23.7 Å². The maximum Gasteiger partial charge on any atom is 0.238 e. The number of aromatic nitrogens is 6. The highest BCUT2D eigenvalue weighted by Gasteiger charge is 2.28. The van der Waals surface area contributed by atoms with Crippen molar-refractivity contribution in [1.82, 2.24) is 29.3 Å². The number of halogens is 1. The van der Waals surface area contributed by atoms with E-state index in [9.17, 15) is 0 Å². The minimum absolute atomic E-state index is 0.0613. The molecule has 0 fully saturated rings. The van der Waals surface area contributed by atoms with Crippen molar-refractivity contribution >= 4 is 11.6 Å². The van der Waals surface area contributed by atoms with E-state index in [1.807, 2.05) is 58.8 Å². The number of hydrogen-bond donors (Lipinski definition) is 0. The molecule has 180 valence electrons. The SMILES string of the molecule is COc1nc(-c2nc3n(n2)CCC[C@H]3c2cc(-c3ccccc3)ccc2Cl)ccc1-n1cnc(C)c1. The molecule has 5 aromatic rings. The number of ether oxygens (including phenoxy) is 1. The second kappa shape index (κ2) is 9.24. The van der Waals surface area contributed by atoms with Gasteiger partial charge in [-0.2, -0.15) is 0 Å². The molecule has 0 saturated heterocycles. The number of benzene rings is 2. The first-order valence-electron chi connectivity index (χ1n) is 12.0. The van der Waals surface area contributed by atoms with Crippen LogP contribution < -0.4 is 4.74 Å². The molecule has 0 unspecified atom stereocenters. The third-order valence-corrected chi connectivity index (χ3v) is 6.95. The van der Waals surface area contributed by atoms with Gasteiger partial charge in [0.15, 0.2) is 5.82 Å². The third-order valence-electron chi connectivity index (χ3n) is 6.61. The van der Waals surface area contributed by atoms with Crippen molar-refractivity contribution in [3.05, 3.63) is 95.3 Å². The van der Waals surface area contributed by atoms with Crippen LogP contribution in [0.15, 0.2) is 73.2 Å². The van der Waals surface area contributed by atoms with Gasteiger partial charge in [-0.05, 0) is 60.7 Å². The van der Waals surface area contributed by atoms with E-state index in [1.165, 1.54) is 0 Å². The second-order valence-corrected chi connectivity index (χ2v) is 9.37. The van der Waals surface area contributed by atoms with Crippen LogP contribution in [0.2, 0.25) is 5.02 Å². The summed E-state index contributed by atoms with van der Waals surface area (Å²) in [5.74, 6) is 2.05. The van der Waals surface area contributed by atoms with Crippen LogP contribution >= 0.6 is 11.6 Å². The molecule has 0 bridgehead atoms. The summed E-state index contributed by atoms with van der Waals surface area (Å²) >= 11 is 6.73. The van der Waals surface area contributed by atoms with Gasteiger partial charge in [-0.3, -0.25) is 0 Å². The van der Waals surface area contributed by atoms with E-state index in [0.29, 0.717) is 17.4 Å². The Morgan fingerprint density at radius 3 is 2.64 bits per heavy atom. The average Bonchev–Trinajstić information content (AvgIpc) is 3.55. The Balaban J connectivity index is 1.38. The first kappa shape index (κ1) is 22.5. The highest BCUT2D eigenvalue weighted by atomic mass is 35.5. The Bertz CT molecular complexity index is 1540. The summed E-state index contributed by atoms with van der Waals surface area (Å²) in [6.07, 6.45) is 5.65. The molecular formula is C28H25ClN6O. The number of pyridine rings is 1. The van der Waals surface area contributed by atoms with Gasteiger partial charge in [-0.1, -0.05) is 48.0 Å². The lowest BCUT2D eigenvalue weighted by Gasteiger charge is -2.23. The van der Waals surface area contributed by atoms with E-state index >= 15 is 0 Å². The number of hydrogen-bond acceptors (Lipinski definition) is 5. The molecule has 36 heavy (non-hydrogen) atoms. The molecule has 4 heterocycles. The van der Waals surface area contributed by atoms with E-state index < -0.39 is 0 Å². The molecule has 0 spiro atoms. The number of nitrogens with zero attached hydrogens (tertiary/aromatic N) is 6. The van der Waals surface area contributed by atoms with Crippen LogP contribution in [-0.2, 0) is 6.54 Å². The van der Waals surface area contributed by atoms with Crippen LogP contribution in [0, 0.1) is 6.92 Å². The van der Waals surface area contributed by atoms with Gasteiger partial charge < -0.3 is 9.30 Å². The van der Waals surface area contributed by atoms with Gasteiger partial charge >= 0.3 is 0 Å². The Morgan fingerprint density at radius 2 is 1.86 bits per heavy atom. The van der Waals surface area contributed by atoms with Crippen molar-refractivity contribution in [2.45, 2.75) is 32.2 Å². The molecule has 0 amide bonds. The van der Waals surface area contributed by atoms with Crippen molar-refractivity contribution in [2.24, 2.45) is 0 Å². The van der Waals surface area contributed by atoms with Gasteiger partial charge in [0.25, 0.3) is 0 Å². The molecular weight excluding hydrogens is 472 g/mol. The monoisotopic (exact) mass is 496 g/mol. The van der Waals surface area contributed by atoms with Crippen LogP contribution in [0.1, 0.15) is 35.8 Å². The fourth-order valence-electron chi connectivity index (χ4n) is 4.83. The summed E-state index contributed by atoms with van der Waals surface area (Å²) in [5, 5.41) is 5.56. The molecule has 7 nitrogen and oxygen atoms in total. The van der Waals surface area contributed by atoms with Crippen molar-refractivity contribution in [3.8, 4) is 34.2 Å². The average molecular weight is 497 g/mol. The standard InChI is InChI=1S/C28H25ClN6O/c1-18-16-34(17-30-18)25-13-12-24(31-28(25)36-2)26-32-27-21(9-6-14-35(27)33-26)22-15-20(10-11-23(22)29)19-7-4-3-5-8-19/h3-5,7-8,10-13,15-17,21H,6,9,14H2,1-2H3/t21-/m0/s1. The molecule has 0 radical (unpaired) electrons. The number of methoxy groups -OCH3 is 1. The molecule has 8 heteroatoms. The second-order valence-electron chi connectivity index (χ2n) is 8.96. The number of aryl methyl sites for hydroxylation is 2. The highest BCUT2D eigenvalue weighted by molar-refractivity contribution is 6.31. The summed E-state index contributed by atoms with van der Waals surface area (Å²) in [6.45, 7) is 2.76. The van der Waals surface area contributed by atoms with Crippen LogP contribution in [0.4, 0.5) is 0 Å². The minimum atomic E-state index is 0.0613. The van der Waals surface area contributed by atoms with Gasteiger partial charge in [0.2, 0.25) is 5.88 Å². The van der Waals surface area contributed by atoms with Gasteiger partial charge in [0.1, 0.15) is 17.2 Å². The Morgan fingerprint density at radius 1 is 1.00 bits per heavy atom. The fourth-order valence-corrected chi connectivity index (χ4v) is 5.08. The van der Waals surface area contributed by atoms with Crippen LogP contribution in [-0.4, -0.2) is 36.4 Å². The van der Waals surface area contributed by atoms with Gasteiger partial charge in [-0.15, -0.1) is 5.10 Å². The van der Waals surface area contributed by atoms with Crippen molar-refractivity contribution in [3.63, 3.8) is 0 Å². The van der Waals surface area contributed by atoms with E-state index in [4.69, 9.17) is 31.4 Å². The van der Waals surface area contributed by atoms with E-state index in [-0.39, 0.29) is 5.92 Å². The fraction of sp³-hybridized carbons (Fsp3) is 0.214. The Hall–Kier alpha value is -3.97. The molecule has 0 aliphatic carbocycles. The van der Waals surface area contributed by atoms with Crippen molar-refractivity contribution in [1.29, 1.82) is 0 Å². The predicted octanol–water partition coefficient (Wildman–Crippen LogP) is 6.09. The normalized spacial score (nSPS) is 15.0. The van der Waals surface area contributed by atoms with Gasteiger partial charge in [0.05, 0.1) is 19.1 Å². The molecule has 3 aromatic heterocycles. The Labute approximate surface area is 214 Å². The maximum atomic E-state index is 6.73. The smallest absolute Gasteiger partial charge is 0.238 e. The van der Waals surface area contributed by atoms with E-state index in [1.54, 1.807) is 13.4 Å². The number of fused-ring (bicyclic) bond motifs is 1. The number of rotatable bonds is 5. The van der Waals surface area contributed by atoms with Crippen molar-refractivity contribution in [2.75, 3.05) is 7.11 Å². The van der Waals surface area contributed by atoms with Crippen LogP contribution in [0.3, 0.4) is 0 Å². The molecule has 6 rings (SSSR count). The summed E-state index contributed by atoms with van der Waals surface area (Å²) in [6, 6.07) is 20.5. The first-order chi connectivity index (χ1) is 17.6. The highest BCUT2D eigenvalue weighted by Crippen LogP contribution is 2.39. The van der Waals surface area contributed by atoms with Crippen LogP contribution in [0.25, 0.3) is 28.3 Å². The van der Waals surface area contributed by atoms with Crippen molar-refractivity contribution < 1.29 is 4.74 Å². The zero-order valence-electron chi connectivity index (χ0n) is 20.1. The third kappa shape index (κ3) is 4.05. The lowest BCUT2D eigenvalue weighted by molar-refractivity contribution is 0.396.